The summed E-state index contributed by atoms with van der Waals surface area (Å²) >= 11 is 0. The van der Waals surface area contributed by atoms with Crippen molar-refractivity contribution in [2.24, 2.45) is 11.3 Å². The zero-order valence-electron chi connectivity index (χ0n) is 17.5. The van der Waals surface area contributed by atoms with Gasteiger partial charge in [-0.3, -0.25) is 0 Å². The molecule has 0 atom stereocenters. The number of hydrogen-bond acceptors (Lipinski definition) is 0. The van der Waals surface area contributed by atoms with E-state index in [1.807, 2.05) is 0 Å². The van der Waals surface area contributed by atoms with E-state index in [0.717, 1.165) is 0 Å². The molecule has 0 spiro atoms. The molecule has 0 heteroatoms. The predicted molar refractivity (Wildman–Crippen MR) is 122 cm³/mol. The Bertz CT molecular complexity index is 1130. The second-order valence-corrected chi connectivity index (χ2v) is 9.63. The number of rotatable bonds is 1. The van der Waals surface area contributed by atoms with E-state index in [9.17, 15) is 0 Å². The Morgan fingerprint density at radius 3 is 1.43 bits per heavy atom. The van der Waals surface area contributed by atoms with Crippen LogP contribution in [0.5, 0.6) is 0 Å². The van der Waals surface area contributed by atoms with Crippen LogP contribution in [0.4, 0.5) is 0 Å². The molecule has 0 fully saturated rings. The van der Waals surface area contributed by atoms with Gasteiger partial charge in [-0.05, 0) is 55.1 Å². The van der Waals surface area contributed by atoms with Gasteiger partial charge >= 0.3 is 0 Å². The maximum atomic E-state index is 2.43. The minimum Gasteiger partial charge on any atom is -0.0616 e. The summed E-state index contributed by atoms with van der Waals surface area (Å²) in [4.78, 5) is 0. The Balaban J connectivity index is 2.08. The second-order valence-electron chi connectivity index (χ2n) is 9.63. The fourth-order valence-corrected chi connectivity index (χ4v) is 6.16. The summed E-state index contributed by atoms with van der Waals surface area (Å²) in [7, 11) is 0. The van der Waals surface area contributed by atoms with Crippen LogP contribution in [0.25, 0.3) is 32.7 Å². The lowest BCUT2D eigenvalue weighted by Crippen LogP contribution is -2.44. The van der Waals surface area contributed by atoms with E-state index in [0.29, 0.717) is 5.92 Å². The molecule has 4 aromatic carbocycles. The summed E-state index contributed by atoms with van der Waals surface area (Å²) in [5, 5.41) is 5.49. The Labute approximate surface area is 168 Å². The van der Waals surface area contributed by atoms with Crippen LogP contribution in [-0.4, -0.2) is 0 Å². The molecule has 0 bridgehead atoms. The van der Waals surface area contributed by atoms with Gasteiger partial charge in [-0.25, -0.2) is 0 Å². The largest absolute Gasteiger partial charge is 0.0616 e. The highest BCUT2D eigenvalue weighted by Gasteiger charge is 2.54. The molecule has 0 aliphatic heterocycles. The number of hydrogen-bond donors (Lipinski definition) is 0. The Morgan fingerprint density at radius 2 is 1.04 bits per heavy atom. The maximum absolute atomic E-state index is 2.43. The van der Waals surface area contributed by atoms with E-state index in [1.165, 1.54) is 43.8 Å². The lowest BCUT2D eigenvalue weighted by atomic mass is 9.54. The normalized spacial score (nSPS) is 15.2. The molecule has 140 valence electrons. The summed E-state index contributed by atoms with van der Waals surface area (Å²) in [6, 6.07) is 27.2. The third kappa shape index (κ3) is 2.01. The molecule has 1 aliphatic carbocycles. The third-order valence-electron chi connectivity index (χ3n) is 6.99. The van der Waals surface area contributed by atoms with E-state index < -0.39 is 0 Å². The molecular weight excluding hydrogens is 336 g/mol. The van der Waals surface area contributed by atoms with Crippen LogP contribution in [0.3, 0.4) is 0 Å². The highest BCUT2D eigenvalue weighted by atomic mass is 14.6. The van der Waals surface area contributed by atoms with Crippen molar-refractivity contribution in [3.63, 3.8) is 0 Å². The van der Waals surface area contributed by atoms with Gasteiger partial charge in [0.25, 0.3) is 0 Å². The van der Waals surface area contributed by atoms with Crippen LogP contribution >= 0.6 is 0 Å². The zero-order valence-corrected chi connectivity index (χ0v) is 17.5. The standard InChI is InChI=1S/C28H28/c1-18(2)28(27(3,4)5)25-21-12-8-6-10-19(21)14-16-23(25)24-17-15-20-11-7-9-13-22(20)26(24)28/h6-18H,1-5H3. The lowest BCUT2D eigenvalue weighted by Gasteiger charge is -2.48. The average molecular weight is 365 g/mol. The summed E-state index contributed by atoms with van der Waals surface area (Å²) < 4.78 is 0. The van der Waals surface area contributed by atoms with Crippen LogP contribution in [0.2, 0.25) is 0 Å². The fourth-order valence-electron chi connectivity index (χ4n) is 6.16. The van der Waals surface area contributed by atoms with E-state index >= 15 is 0 Å². The van der Waals surface area contributed by atoms with E-state index in [2.05, 4.69) is 107 Å². The average Bonchev–Trinajstić information content (AvgIpc) is 3.00. The first-order valence-electron chi connectivity index (χ1n) is 10.4. The molecule has 28 heavy (non-hydrogen) atoms. The Morgan fingerprint density at radius 1 is 0.607 bits per heavy atom. The molecule has 1 aliphatic rings. The first-order chi connectivity index (χ1) is 13.4. The quantitative estimate of drug-likeness (QED) is 0.321. The first-order valence-corrected chi connectivity index (χ1v) is 10.4. The van der Waals surface area contributed by atoms with Gasteiger partial charge in [0.15, 0.2) is 0 Å². The van der Waals surface area contributed by atoms with Crippen molar-refractivity contribution >= 4 is 21.5 Å². The number of fused-ring (bicyclic) bond motifs is 7. The Hall–Kier alpha value is -2.60. The molecule has 0 amide bonds. The van der Waals surface area contributed by atoms with Gasteiger partial charge < -0.3 is 0 Å². The van der Waals surface area contributed by atoms with Crippen LogP contribution < -0.4 is 0 Å². The van der Waals surface area contributed by atoms with Crippen LogP contribution in [-0.2, 0) is 5.41 Å². The molecule has 4 aromatic rings. The number of benzene rings is 4. The zero-order chi connectivity index (χ0) is 19.7. The van der Waals surface area contributed by atoms with Crippen molar-refractivity contribution < 1.29 is 0 Å². The molecule has 0 nitrogen and oxygen atoms in total. The van der Waals surface area contributed by atoms with E-state index in [-0.39, 0.29) is 10.8 Å². The first kappa shape index (κ1) is 17.5. The smallest absolute Gasteiger partial charge is 0.0298 e. The van der Waals surface area contributed by atoms with Gasteiger partial charge in [-0.1, -0.05) is 107 Å². The van der Waals surface area contributed by atoms with Gasteiger partial charge in [-0.2, -0.15) is 0 Å². The summed E-state index contributed by atoms with van der Waals surface area (Å²) in [6.07, 6.45) is 0. The summed E-state index contributed by atoms with van der Waals surface area (Å²) in [5.74, 6) is 0.476. The van der Waals surface area contributed by atoms with Crippen molar-refractivity contribution in [3.8, 4) is 11.1 Å². The SMILES string of the molecule is CC(C)C1(C(C)(C)C)c2c(ccc3ccccc23)-c2ccc3ccccc3c21. The summed E-state index contributed by atoms with van der Waals surface area (Å²) in [5.41, 5.74) is 5.93. The highest BCUT2D eigenvalue weighted by molar-refractivity contribution is 6.03. The van der Waals surface area contributed by atoms with Crippen molar-refractivity contribution in [1.29, 1.82) is 0 Å². The molecule has 0 radical (unpaired) electrons. The highest BCUT2D eigenvalue weighted by Crippen LogP contribution is 2.63. The van der Waals surface area contributed by atoms with E-state index in [4.69, 9.17) is 0 Å². The topological polar surface area (TPSA) is 0 Å². The second kappa shape index (κ2) is 5.70. The van der Waals surface area contributed by atoms with Crippen molar-refractivity contribution in [1.82, 2.24) is 0 Å². The molecule has 5 rings (SSSR count). The van der Waals surface area contributed by atoms with Crippen molar-refractivity contribution in [2.75, 3.05) is 0 Å². The minimum absolute atomic E-state index is 0.0423. The minimum atomic E-state index is -0.0423. The molecular formula is C28H28. The Kier molecular flexibility index (Phi) is 3.56. The molecule has 0 heterocycles. The molecule has 0 saturated carbocycles. The maximum Gasteiger partial charge on any atom is 0.0298 e. The van der Waals surface area contributed by atoms with Gasteiger partial charge in [0.2, 0.25) is 0 Å². The van der Waals surface area contributed by atoms with Crippen LogP contribution in [0.1, 0.15) is 45.7 Å². The van der Waals surface area contributed by atoms with Crippen LogP contribution in [0.15, 0.2) is 72.8 Å². The third-order valence-corrected chi connectivity index (χ3v) is 6.99. The molecule has 0 saturated heterocycles. The monoisotopic (exact) mass is 364 g/mol. The van der Waals surface area contributed by atoms with Gasteiger partial charge in [0.05, 0.1) is 0 Å². The van der Waals surface area contributed by atoms with Gasteiger partial charge in [0, 0.05) is 5.41 Å². The molecule has 0 N–H and O–H groups in total. The lowest BCUT2D eigenvalue weighted by molar-refractivity contribution is 0.174. The predicted octanol–water partition coefficient (Wildman–Crippen LogP) is 7.96. The van der Waals surface area contributed by atoms with E-state index in [1.54, 1.807) is 0 Å². The van der Waals surface area contributed by atoms with Gasteiger partial charge in [-0.15, -0.1) is 0 Å². The van der Waals surface area contributed by atoms with Gasteiger partial charge in [0.1, 0.15) is 0 Å². The van der Waals surface area contributed by atoms with Crippen molar-refractivity contribution in [3.05, 3.63) is 83.9 Å². The summed E-state index contributed by atoms with van der Waals surface area (Å²) in [6.45, 7) is 12.1. The van der Waals surface area contributed by atoms with Crippen LogP contribution in [0, 0.1) is 11.3 Å². The molecule has 0 unspecified atom stereocenters. The fraction of sp³-hybridized carbons (Fsp3) is 0.286. The van der Waals surface area contributed by atoms with Crippen molar-refractivity contribution in [2.45, 2.75) is 40.0 Å². The molecule has 0 aromatic heterocycles.